The fourth-order valence-electron chi connectivity index (χ4n) is 2.49. The molecule has 5 heteroatoms. The van der Waals surface area contributed by atoms with Crippen molar-refractivity contribution in [3.63, 3.8) is 0 Å². The van der Waals surface area contributed by atoms with Crippen LogP contribution in [0, 0.1) is 0 Å². The van der Waals surface area contributed by atoms with Crippen LogP contribution in [0.5, 0.6) is 11.5 Å². The van der Waals surface area contributed by atoms with E-state index in [-0.39, 0.29) is 0 Å². The van der Waals surface area contributed by atoms with E-state index in [1.54, 1.807) is 23.1 Å². The quantitative estimate of drug-likeness (QED) is 0.579. The average molecular weight is 302 g/mol. The molecule has 2 aromatic heterocycles. The molecule has 4 aromatic rings. The van der Waals surface area contributed by atoms with Crippen LogP contribution >= 0.6 is 0 Å². The maximum Gasteiger partial charge on any atom is 0.220 e. The fraction of sp³-hybridized carbons (Fsp3) is 0.0556. The van der Waals surface area contributed by atoms with Gasteiger partial charge in [0.15, 0.2) is 5.75 Å². The smallest absolute Gasteiger partial charge is 0.220 e. The van der Waals surface area contributed by atoms with Crippen LogP contribution in [-0.4, -0.2) is 19.8 Å². The van der Waals surface area contributed by atoms with Crippen molar-refractivity contribution in [1.82, 2.24) is 19.8 Å². The zero-order valence-electron chi connectivity index (χ0n) is 12.3. The molecule has 4 rings (SSSR count). The number of hydrogen-bond acceptors (Lipinski definition) is 4. The normalized spacial score (nSPS) is 10.8. The second kappa shape index (κ2) is 5.88. The molecule has 0 aliphatic carbocycles. The lowest BCUT2D eigenvalue weighted by Gasteiger charge is -2.11. The topological polar surface area (TPSA) is 52.3 Å². The number of para-hydroxylation sites is 1. The van der Waals surface area contributed by atoms with Gasteiger partial charge in [-0.05, 0) is 17.2 Å². The van der Waals surface area contributed by atoms with Crippen LogP contribution in [0.4, 0.5) is 0 Å². The van der Waals surface area contributed by atoms with Crippen molar-refractivity contribution < 1.29 is 4.74 Å². The highest BCUT2D eigenvalue weighted by atomic mass is 16.5. The summed E-state index contributed by atoms with van der Waals surface area (Å²) in [6.07, 6.45) is 4.04. The van der Waals surface area contributed by atoms with E-state index in [4.69, 9.17) is 4.74 Å². The van der Waals surface area contributed by atoms with Gasteiger partial charge >= 0.3 is 0 Å². The highest BCUT2D eigenvalue weighted by Crippen LogP contribution is 2.28. The Morgan fingerprint density at radius 1 is 0.870 bits per heavy atom. The van der Waals surface area contributed by atoms with Crippen molar-refractivity contribution in [2.24, 2.45) is 0 Å². The minimum atomic E-state index is 0.599. The van der Waals surface area contributed by atoms with Crippen LogP contribution in [0.2, 0.25) is 0 Å². The molecule has 0 atom stereocenters. The van der Waals surface area contributed by atoms with E-state index in [9.17, 15) is 0 Å². The molecule has 5 nitrogen and oxygen atoms in total. The van der Waals surface area contributed by atoms with Gasteiger partial charge in [-0.3, -0.25) is 0 Å². The zero-order valence-corrected chi connectivity index (χ0v) is 12.3. The highest BCUT2D eigenvalue weighted by Gasteiger charge is 2.10. The standard InChI is InChI=1S/C18H14N4O/c1-2-6-14(7-3-1)12-15-8-4-5-9-16(15)23-17-10-11-20-22-13-19-21-18(17)22/h1-11,13H,12H2. The predicted octanol–water partition coefficient (Wildman–Crippen LogP) is 3.51. The third-order valence-electron chi connectivity index (χ3n) is 3.60. The first-order valence-electron chi connectivity index (χ1n) is 7.35. The van der Waals surface area contributed by atoms with Gasteiger partial charge in [0.05, 0.1) is 6.20 Å². The summed E-state index contributed by atoms with van der Waals surface area (Å²) in [5.41, 5.74) is 2.96. The molecule has 0 amide bonds. The third-order valence-corrected chi connectivity index (χ3v) is 3.60. The van der Waals surface area contributed by atoms with E-state index in [1.165, 1.54) is 5.56 Å². The maximum absolute atomic E-state index is 6.09. The zero-order chi connectivity index (χ0) is 15.5. The molecule has 0 fully saturated rings. The SMILES string of the molecule is c1ccc(Cc2ccccc2Oc2ccnn3cnnc23)cc1. The molecule has 0 saturated carbocycles. The van der Waals surface area contributed by atoms with Gasteiger partial charge in [0, 0.05) is 12.5 Å². The molecule has 0 bridgehead atoms. The van der Waals surface area contributed by atoms with Gasteiger partial charge in [0.2, 0.25) is 5.65 Å². The molecule has 0 saturated heterocycles. The van der Waals surface area contributed by atoms with Crippen LogP contribution < -0.4 is 4.74 Å². The van der Waals surface area contributed by atoms with Crippen LogP contribution in [0.3, 0.4) is 0 Å². The summed E-state index contributed by atoms with van der Waals surface area (Å²) in [4.78, 5) is 0. The maximum atomic E-state index is 6.09. The van der Waals surface area contributed by atoms with Crippen molar-refractivity contribution in [2.45, 2.75) is 6.42 Å². The average Bonchev–Trinajstić information content (AvgIpc) is 3.07. The van der Waals surface area contributed by atoms with Crippen LogP contribution in [0.1, 0.15) is 11.1 Å². The largest absolute Gasteiger partial charge is 0.453 e. The first-order valence-corrected chi connectivity index (χ1v) is 7.35. The van der Waals surface area contributed by atoms with E-state index >= 15 is 0 Å². The number of ether oxygens (including phenoxy) is 1. The Hall–Kier alpha value is -3.21. The number of rotatable bonds is 4. The van der Waals surface area contributed by atoms with Gasteiger partial charge in [-0.1, -0.05) is 48.5 Å². The first kappa shape index (κ1) is 13.5. The molecule has 112 valence electrons. The van der Waals surface area contributed by atoms with Gasteiger partial charge in [0.25, 0.3) is 0 Å². The number of fused-ring (bicyclic) bond motifs is 1. The number of benzene rings is 2. The van der Waals surface area contributed by atoms with Gasteiger partial charge in [-0.2, -0.15) is 9.61 Å². The molecule has 0 spiro atoms. The van der Waals surface area contributed by atoms with Crippen molar-refractivity contribution in [1.29, 1.82) is 0 Å². The van der Waals surface area contributed by atoms with E-state index in [0.717, 1.165) is 17.7 Å². The number of nitrogens with zero attached hydrogens (tertiary/aromatic N) is 4. The van der Waals surface area contributed by atoms with Crippen molar-refractivity contribution in [3.8, 4) is 11.5 Å². The molecule has 2 aromatic carbocycles. The van der Waals surface area contributed by atoms with Gasteiger partial charge in [-0.15, -0.1) is 10.2 Å². The Balaban J connectivity index is 1.68. The minimum Gasteiger partial charge on any atom is -0.453 e. The molecule has 23 heavy (non-hydrogen) atoms. The van der Waals surface area contributed by atoms with E-state index in [1.807, 2.05) is 36.4 Å². The summed E-state index contributed by atoms with van der Waals surface area (Å²) in [5.74, 6) is 1.45. The Morgan fingerprint density at radius 2 is 1.70 bits per heavy atom. The van der Waals surface area contributed by atoms with E-state index in [0.29, 0.717) is 11.4 Å². The second-order valence-electron chi connectivity index (χ2n) is 5.17. The minimum absolute atomic E-state index is 0.599. The molecular weight excluding hydrogens is 288 g/mol. The fourth-order valence-corrected chi connectivity index (χ4v) is 2.49. The molecule has 0 unspecified atom stereocenters. The molecule has 0 N–H and O–H groups in total. The van der Waals surface area contributed by atoms with Crippen molar-refractivity contribution >= 4 is 5.65 Å². The Kier molecular flexibility index (Phi) is 3.44. The van der Waals surface area contributed by atoms with Crippen LogP contribution in [0.25, 0.3) is 5.65 Å². The van der Waals surface area contributed by atoms with E-state index < -0.39 is 0 Å². The Labute approximate surface area is 133 Å². The molecule has 0 radical (unpaired) electrons. The molecule has 2 heterocycles. The van der Waals surface area contributed by atoms with Crippen molar-refractivity contribution in [2.75, 3.05) is 0 Å². The van der Waals surface area contributed by atoms with Gasteiger partial charge < -0.3 is 4.74 Å². The predicted molar refractivity (Wildman–Crippen MR) is 86.5 cm³/mol. The number of hydrogen-bond donors (Lipinski definition) is 0. The number of aromatic nitrogens is 4. The van der Waals surface area contributed by atoms with Crippen LogP contribution in [0.15, 0.2) is 73.2 Å². The first-order chi connectivity index (χ1) is 11.4. The lowest BCUT2D eigenvalue weighted by atomic mass is 10.0. The monoisotopic (exact) mass is 302 g/mol. The van der Waals surface area contributed by atoms with Crippen LogP contribution in [-0.2, 0) is 6.42 Å². The lowest BCUT2D eigenvalue weighted by Crippen LogP contribution is -1.96. The van der Waals surface area contributed by atoms with E-state index in [2.05, 4.69) is 33.5 Å². The summed E-state index contributed by atoms with van der Waals surface area (Å²) < 4.78 is 7.68. The second-order valence-corrected chi connectivity index (χ2v) is 5.17. The Morgan fingerprint density at radius 3 is 2.61 bits per heavy atom. The summed E-state index contributed by atoms with van der Waals surface area (Å²) in [5, 5.41) is 12.1. The third kappa shape index (κ3) is 2.76. The lowest BCUT2D eigenvalue weighted by molar-refractivity contribution is 0.477. The van der Waals surface area contributed by atoms with Crippen molar-refractivity contribution in [3.05, 3.63) is 84.3 Å². The summed E-state index contributed by atoms with van der Waals surface area (Å²) >= 11 is 0. The molecular formula is C18H14N4O. The Bertz CT molecular complexity index is 934. The molecule has 0 aliphatic heterocycles. The van der Waals surface area contributed by atoms with Gasteiger partial charge in [0.1, 0.15) is 12.1 Å². The van der Waals surface area contributed by atoms with Gasteiger partial charge in [-0.25, -0.2) is 0 Å². The molecule has 0 aliphatic rings. The summed E-state index contributed by atoms with van der Waals surface area (Å²) in [6, 6.07) is 20.1. The summed E-state index contributed by atoms with van der Waals surface area (Å²) in [7, 11) is 0. The summed E-state index contributed by atoms with van der Waals surface area (Å²) in [6.45, 7) is 0. The highest BCUT2D eigenvalue weighted by molar-refractivity contribution is 5.53.